The van der Waals surface area contributed by atoms with E-state index in [1.807, 2.05) is 0 Å². The van der Waals surface area contributed by atoms with Crippen LogP contribution in [0.15, 0.2) is 18.2 Å². The maximum atomic E-state index is 13.4. The number of hydrogen-bond acceptors (Lipinski definition) is 2. The average molecular weight is 285 g/mol. The van der Waals surface area contributed by atoms with Crippen molar-refractivity contribution in [3.63, 3.8) is 0 Å². The highest BCUT2D eigenvalue weighted by Crippen LogP contribution is 2.20. The van der Waals surface area contributed by atoms with Gasteiger partial charge < -0.3 is 16.4 Å². The van der Waals surface area contributed by atoms with Gasteiger partial charge in [0, 0.05) is 6.07 Å². The van der Waals surface area contributed by atoms with Crippen LogP contribution in [-0.2, 0) is 4.79 Å². The number of nitrogens with two attached hydrogens (primary N) is 1. The molecule has 0 heterocycles. The first-order valence-electron chi connectivity index (χ1n) is 5.93. The van der Waals surface area contributed by atoms with Crippen molar-refractivity contribution in [1.82, 2.24) is 5.32 Å². The molecule has 1 aromatic rings. The highest BCUT2D eigenvalue weighted by molar-refractivity contribution is 5.93. The second kappa shape index (κ2) is 5.85. The van der Waals surface area contributed by atoms with Crippen LogP contribution < -0.4 is 16.4 Å². The summed E-state index contributed by atoms with van der Waals surface area (Å²) in [6.07, 6.45) is 0. The fourth-order valence-electron chi connectivity index (χ4n) is 1.60. The molecule has 3 amide bonds. The summed E-state index contributed by atoms with van der Waals surface area (Å²) in [4.78, 5) is 23.0. The maximum absolute atomic E-state index is 13.4. The second-order valence-electron chi connectivity index (χ2n) is 5.42. The number of amides is 3. The quantitative estimate of drug-likeness (QED) is 0.793. The standard InChI is InChI=1S/C13H17F2N3O2/c1-13(2,3)10(11(16)19)18-12(20)17-9-6-7(14)4-5-8(9)15/h4-6,10H,1-3H3,(H2,16,19)(H2,17,18,20)/t10-/m1/s1. The molecular formula is C13H17F2N3O2. The molecule has 7 heteroatoms. The third-order valence-electron chi connectivity index (χ3n) is 2.60. The molecule has 0 aliphatic heterocycles. The third-order valence-corrected chi connectivity index (χ3v) is 2.60. The van der Waals surface area contributed by atoms with Crippen LogP contribution in [0.4, 0.5) is 19.3 Å². The molecule has 20 heavy (non-hydrogen) atoms. The van der Waals surface area contributed by atoms with E-state index in [1.165, 1.54) is 0 Å². The number of carbonyl (C=O) groups is 2. The second-order valence-corrected chi connectivity index (χ2v) is 5.42. The van der Waals surface area contributed by atoms with E-state index in [0.717, 1.165) is 18.2 Å². The first-order valence-corrected chi connectivity index (χ1v) is 5.93. The monoisotopic (exact) mass is 285 g/mol. The summed E-state index contributed by atoms with van der Waals surface area (Å²) in [6, 6.07) is 0.873. The van der Waals surface area contributed by atoms with Gasteiger partial charge in [0.1, 0.15) is 17.7 Å². The number of urea groups is 1. The van der Waals surface area contributed by atoms with Crippen LogP contribution in [0.25, 0.3) is 0 Å². The zero-order chi connectivity index (χ0) is 15.5. The zero-order valence-electron chi connectivity index (χ0n) is 11.5. The summed E-state index contributed by atoms with van der Waals surface area (Å²) < 4.78 is 26.3. The molecule has 0 saturated heterocycles. The van der Waals surface area contributed by atoms with Crippen molar-refractivity contribution in [2.24, 2.45) is 11.1 Å². The topological polar surface area (TPSA) is 84.2 Å². The van der Waals surface area contributed by atoms with E-state index in [1.54, 1.807) is 20.8 Å². The van der Waals surface area contributed by atoms with Crippen LogP contribution in [0.1, 0.15) is 20.8 Å². The van der Waals surface area contributed by atoms with Gasteiger partial charge in [-0.05, 0) is 17.5 Å². The van der Waals surface area contributed by atoms with Crippen LogP contribution in [-0.4, -0.2) is 18.0 Å². The smallest absolute Gasteiger partial charge is 0.319 e. The van der Waals surface area contributed by atoms with Crippen molar-refractivity contribution in [2.75, 3.05) is 5.32 Å². The Hall–Kier alpha value is -2.18. The molecule has 0 aliphatic rings. The van der Waals surface area contributed by atoms with Crippen molar-refractivity contribution < 1.29 is 18.4 Å². The van der Waals surface area contributed by atoms with Gasteiger partial charge in [0.05, 0.1) is 5.69 Å². The Morgan fingerprint density at radius 2 is 1.85 bits per heavy atom. The first kappa shape index (κ1) is 15.9. The SMILES string of the molecule is CC(C)(C)[C@H](NC(=O)Nc1cc(F)ccc1F)C(N)=O. The Morgan fingerprint density at radius 3 is 2.35 bits per heavy atom. The lowest BCUT2D eigenvalue weighted by molar-refractivity contribution is -0.122. The highest BCUT2D eigenvalue weighted by atomic mass is 19.1. The van der Waals surface area contributed by atoms with Gasteiger partial charge in [-0.3, -0.25) is 4.79 Å². The number of nitrogens with one attached hydrogen (secondary N) is 2. The minimum atomic E-state index is -0.945. The Morgan fingerprint density at radius 1 is 1.25 bits per heavy atom. The molecule has 1 rings (SSSR count). The third kappa shape index (κ3) is 4.18. The molecule has 5 nitrogen and oxygen atoms in total. The van der Waals surface area contributed by atoms with E-state index in [0.29, 0.717) is 0 Å². The Balaban J connectivity index is 2.81. The molecule has 0 unspecified atom stereocenters. The molecule has 0 radical (unpaired) electrons. The Kier molecular flexibility index (Phi) is 4.65. The highest BCUT2D eigenvalue weighted by Gasteiger charge is 2.31. The van der Waals surface area contributed by atoms with Crippen molar-refractivity contribution in [3.8, 4) is 0 Å². The van der Waals surface area contributed by atoms with Crippen molar-refractivity contribution in [3.05, 3.63) is 29.8 Å². The van der Waals surface area contributed by atoms with Crippen LogP contribution in [0.2, 0.25) is 0 Å². The largest absolute Gasteiger partial charge is 0.368 e. The molecule has 0 aliphatic carbocycles. The van der Waals surface area contributed by atoms with E-state index in [9.17, 15) is 18.4 Å². The van der Waals surface area contributed by atoms with Crippen molar-refractivity contribution >= 4 is 17.6 Å². The summed E-state index contributed by atoms with van der Waals surface area (Å²) in [5, 5.41) is 4.47. The van der Waals surface area contributed by atoms with Gasteiger partial charge in [-0.1, -0.05) is 20.8 Å². The van der Waals surface area contributed by atoms with Crippen LogP contribution >= 0.6 is 0 Å². The lowest BCUT2D eigenvalue weighted by atomic mass is 9.86. The number of benzene rings is 1. The Bertz CT molecular complexity index is 527. The van der Waals surface area contributed by atoms with E-state index >= 15 is 0 Å². The van der Waals surface area contributed by atoms with Gasteiger partial charge in [-0.25, -0.2) is 13.6 Å². The fraction of sp³-hybridized carbons (Fsp3) is 0.385. The fourth-order valence-corrected chi connectivity index (χ4v) is 1.60. The lowest BCUT2D eigenvalue weighted by Crippen LogP contribution is -2.53. The molecular weight excluding hydrogens is 268 g/mol. The summed E-state index contributed by atoms with van der Waals surface area (Å²) in [5.74, 6) is -2.19. The summed E-state index contributed by atoms with van der Waals surface area (Å²) in [7, 11) is 0. The Labute approximate surface area is 115 Å². The van der Waals surface area contributed by atoms with Gasteiger partial charge in [-0.2, -0.15) is 0 Å². The van der Waals surface area contributed by atoms with Crippen LogP contribution in [0, 0.1) is 17.0 Å². The van der Waals surface area contributed by atoms with Gasteiger partial charge >= 0.3 is 6.03 Å². The predicted molar refractivity (Wildman–Crippen MR) is 70.9 cm³/mol. The van der Waals surface area contributed by atoms with Gasteiger partial charge in [0.2, 0.25) is 5.91 Å². The number of hydrogen-bond donors (Lipinski definition) is 3. The number of rotatable bonds is 3. The first-order chi connectivity index (χ1) is 9.11. The zero-order valence-corrected chi connectivity index (χ0v) is 11.5. The number of halogens is 2. The van der Waals surface area contributed by atoms with E-state index in [2.05, 4.69) is 10.6 Å². The molecule has 0 fully saturated rings. The summed E-state index contributed by atoms with van der Waals surface area (Å²) in [6.45, 7) is 5.14. The predicted octanol–water partition coefficient (Wildman–Crippen LogP) is 1.99. The molecule has 110 valence electrons. The minimum Gasteiger partial charge on any atom is -0.368 e. The number of carbonyl (C=O) groups excluding carboxylic acids is 2. The molecule has 4 N–H and O–H groups in total. The maximum Gasteiger partial charge on any atom is 0.319 e. The van der Waals surface area contributed by atoms with Crippen LogP contribution in [0.5, 0.6) is 0 Å². The normalized spacial score (nSPS) is 12.7. The minimum absolute atomic E-state index is 0.320. The molecule has 0 saturated carbocycles. The molecule has 0 aromatic heterocycles. The van der Waals surface area contributed by atoms with E-state index < -0.39 is 35.0 Å². The van der Waals surface area contributed by atoms with Gasteiger partial charge in [0.25, 0.3) is 0 Å². The van der Waals surface area contributed by atoms with Gasteiger partial charge in [-0.15, -0.1) is 0 Å². The molecule has 0 bridgehead atoms. The van der Waals surface area contributed by atoms with Gasteiger partial charge in [0.15, 0.2) is 0 Å². The molecule has 1 aromatic carbocycles. The summed E-state index contributed by atoms with van der Waals surface area (Å²) >= 11 is 0. The van der Waals surface area contributed by atoms with Crippen LogP contribution in [0.3, 0.4) is 0 Å². The van der Waals surface area contributed by atoms with Crippen molar-refractivity contribution in [1.29, 1.82) is 0 Å². The molecule has 0 spiro atoms. The van der Waals surface area contributed by atoms with E-state index in [-0.39, 0.29) is 5.69 Å². The van der Waals surface area contributed by atoms with Crippen molar-refractivity contribution in [2.45, 2.75) is 26.8 Å². The number of primary amides is 1. The molecule has 1 atom stereocenters. The lowest BCUT2D eigenvalue weighted by Gasteiger charge is -2.28. The number of anilines is 1. The average Bonchev–Trinajstić information content (AvgIpc) is 2.29. The van der Waals surface area contributed by atoms with E-state index in [4.69, 9.17) is 5.73 Å². The summed E-state index contributed by atoms with van der Waals surface area (Å²) in [5.41, 5.74) is 4.28.